The van der Waals surface area contributed by atoms with Gasteiger partial charge in [-0.15, -0.1) is 0 Å². The van der Waals surface area contributed by atoms with Gasteiger partial charge in [0, 0.05) is 5.56 Å². The molecule has 0 amide bonds. The van der Waals surface area contributed by atoms with E-state index in [9.17, 15) is 9.36 Å². The number of benzene rings is 1. The van der Waals surface area contributed by atoms with Gasteiger partial charge in [0.05, 0.1) is 13.2 Å². The maximum absolute atomic E-state index is 11.9. The van der Waals surface area contributed by atoms with Crippen molar-refractivity contribution in [3.63, 3.8) is 0 Å². The Bertz CT molecular complexity index is 446. The molecule has 0 radical (unpaired) electrons. The highest BCUT2D eigenvalue weighted by Crippen LogP contribution is 2.49. The maximum Gasteiger partial charge on any atom is 0.475 e. The van der Waals surface area contributed by atoms with Gasteiger partial charge in [-0.05, 0) is 38.1 Å². The number of phenolic OH excluding ortho intramolecular Hbond substituents is 1. The third-order valence-corrected chi connectivity index (χ3v) is 3.71. The van der Waals surface area contributed by atoms with Crippen molar-refractivity contribution in [1.29, 1.82) is 0 Å². The molecular formula is C12H17O6P. The van der Waals surface area contributed by atoms with E-state index in [1.807, 2.05) is 0 Å². The van der Waals surface area contributed by atoms with Gasteiger partial charge in [-0.1, -0.05) is 0 Å². The van der Waals surface area contributed by atoms with Crippen molar-refractivity contribution < 1.29 is 28.0 Å². The zero-order valence-corrected chi connectivity index (χ0v) is 11.8. The molecule has 0 saturated carbocycles. The van der Waals surface area contributed by atoms with E-state index in [1.165, 1.54) is 24.3 Å². The van der Waals surface area contributed by atoms with Crippen molar-refractivity contribution in [3.05, 3.63) is 29.8 Å². The molecule has 1 aromatic carbocycles. The fourth-order valence-corrected chi connectivity index (χ4v) is 2.43. The molecule has 1 N–H and O–H groups in total. The Morgan fingerprint density at radius 1 is 1.11 bits per heavy atom. The van der Waals surface area contributed by atoms with Crippen molar-refractivity contribution in [2.24, 2.45) is 0 Å². The summed E-state index contributed by atoms with van der Waals surface area (Å²) in [6, 6.07) is 5.68. The number of Topliss-reactive ketones (excluding diaryl/α,β-unsaturated/α-hetero) is 1. The average Bonchev–Trinajstić information content (AvgIpc) is 2.37. The number of phenols is 1. The molecule has 19 heavy (non-hydrogen) atoms. The van der Waals surface area contributed by atoms with Crippen LogP contribution in [0.2, 0.25) is 0 Å². The minimum atomic E-state index is -3.67. The van der Waals surface area contributed by atoms with Gasteiger partial charge in [0.25, 0.3) is 0 Å². The Morgan fingerprint density at radius 2 is 1.63 bits per heavy atom. The van der Waals surface area contributed by atoms with Crippen LogP contribution >= 0.6 is 7.82 Å². The number of carbonyl (C=O) groups excluding carboxylic acids is 1. The maximum atomic E-state index is 11.9. The van der Waals surface area contributed by atoms with Crippen LogP contribution in [0.4, 0.5) is 0 Å². The standard InChI is InChI=1S/C12H17O6P/c1-3-16-19(15,17-4-2)18-9-12(14)10-5-7-11(13)8-6-10/h5-8,13H,3-4,9H2,1-2H3. The Balaban J connectivity index is 2.61. The van der Waals surface area contributed by atoms with Gasteiger partial charge in [-0.2, -0.15) is 0 Å². The molecule has 0 unspecified atom stereocenters. The van der Waals surface area contributed by atoms with E-state index >= 15 is 0 Å². The van der Waals surface area contributed by atoms with E-state index in [-0.39, 0.29) is 24.7 Å². The molecule has 0 saturated heterocycles. The summed E-state index contributed by atoms with van der Waals surface area (Å²) in [6.07, 6.45) is 0. The normalized spacial score (nSPS) is 11.5. The predicted octanol–water partition coefficient (Wildman–Crippen LogP) is 2.77. The van der Waals surface area contributed by atoms with Crippen LogP contribution in [0.5, 0.6) is 5.75 Å². The largest absolute Gasteiger partial charge is 0.508 e. The molecule has 0 fully saturated rings. The van der Waals surface area contributed by atoms with Gasteiger partial charge >= 0.3 is 7.82 Å². The molecule has 0 aliphatic rings. The second-order valence-corrected chi connectivity index (χ2v) is 5.20. The zero-order valence-electron chi connectivity index (χ0n) is 10.9. The van der Waals surface area contributed by atoms with Crippen LogP contribution < -0.4 is 0 Å². The summed E-state index contributed by atoms with van der Waals surface area (Å²) in [4.78, 5) is 11.8. The molecule has 0 atom stereocenters. The Morgan fingerprint density at radius 3 is 2.11 bits per heavy atom. The molecule has 0 aliphatic heterocycles. The number of aromatic hydroxyl groups is 1. The summed E-state index contributed by atoms with van der Waals surface area (Å²) in [5, 5.41) is 9.11. The summed E-state index contributed by atoms with van der Waals surface area (Å²) >= 11 is 0. The van der Waals surface area contributed by atoms with Crippen molar-refractivity contribution in [3.8, 4) is 5.75 Å². The highest BCUT2D eigenvalue weighted by atomic mass is 31.2. The second-order valence-electron chi connectivity index (χ2n) is 3.53. The van der Waals surface area contributed by atoms with Crippen molar-refractivity contribution in [2.45, 2.75) is 13.8 Å². The quantitative estimate of drug-likeness (QED) is 0.585. The SMILES string of the molecule is CCOP(=O)(OCC)OCC(=O)c1ccc(O)cc1. The molecule has 0 spiro atoms. The first-order chi connectivity index (χ1) is 9.00. The number of rotatable bonds is 8. The van der Waals surface area contributed by atoms with E-state index in [4.69, 9.17) is 18.7 Å². The molecule has 0 bridgehead atoms. The van der Waals surface area contributed by atoms with Gasteiger partial charge in [0.1, 0.15) is 12.4 Å². The molecular weight excluding hydrogens is 271 g/mol. The van der Waals surface area contributed by atoms with Crippen molar-refractivity contribution in [2.75, 3.05) is 19.8 Å². The lowest BCUT2D eigenvalue weighted by atomic mass is 10.1. The van der Waals surface area contributed by atoms with Crippen LogP contribution in [0.25, 0.3) is 0 Å². The minimum absolute atomic E-state index is 0.0618. The first kappa shape index (κ1) is 15.9. The van der Waals surface area contributed by atoms with E-state index < -0.39 is 14.4 Å². The van der Waals surface area contributed by atoms with Crippen LogP contribution in [0.1, 0.15) is 24.2 Å². The fourth-order valence-electron chi connectivity index (χ4n) is 1.30. The summed E-state index contributed by atoms with van der Waals surface area (Å²) in [5.74, 6) is -0.314. The average molecular weight is 288 g/mol. The lowest BCUT2D eigenvalue weighted by Gasteiger charge is -2.15. The predicted molar refractivity (Wildman–Crippen MR) is 69.2 cm³/mol. The summed E-state index contributed by atoms with van der Waals surface area (Å²) in [7, 11) is -3.67. The molecule has 0 heterocycles. The van der Waals surface area contributed by atoms with Crippen LogP contribution in [-0.4, -0.2) is 30.7 Å². The summed E-state index contributed by atoms with van der Waals surface area (Å²) < 4.78 is 26.7. The summed E-state index contributed by atoms with van der Waals surface area (Å²) in [6.45, 7) is 3.20. The third kappa shape index (κ3) is 5.12. The Hall–Kier alpha value is -1.20. The van der Waals surface area contributed by atoms with Gasteiger partial charge in [-0.25, -0.2) is 4.57 Å². The number of carbonyl (C=O) groups is 1. The minimum Gasteiger partial charge on any atom is -0.508 e. The number of hydrogen-bond acceptors (Lipinski definition) is 6. The Kier molecular flexibility index (Phi) is 6.18. The second kappa shape index (κ2) is 7.40. The molecule has 106 valence electrons. The van der Waals surface area contributed by atoms with E-state index in [0.717, 1.165) is 0 Å². The topological polar surface area (TPSA) is 82.1 Å². The van der Waals surface area contributed by atoms with Crippen molar-refractivity contribution >= 4 is 13.6 Å². The molecule has 1 rings (SSSR count). The number of ketones is 1. The molecule has 0 aromatic heterocycles. The first-order valence-electron chi connectivity index (χ1n) is 5.86. The number of phosphoric acid groups is 1. The fraction of sp³-hybridized carbons (Fsp3) is 0.417. The molecule has 1 aromatic rings. The molecule has 0 aliphatic carbocycles. The monoisotopic (exact) mass is 288 g/mol. The van der Waals surface area contributed by atoms with E-state index in [2.05, 4.69) is 0 Å². The van der Waals surface area contributed by atoms with Crippen LogP contribution in [0, 0.1) is 0 Å². The van der Waals surface area contributed by atoms with Crippen LogP contribution in [-0.2, 0) is 18.1 Å². The van der Waals surface area contributed by atoms with E-state index in [0.29, 0.717) is 5.56 Å². The molecule has 6 nitrogen and oxygen atoms in total. The lowest BCUT2D eigenvalue weighted by Crippen LogP contribution is -2.10. The van der Waals surface area contributed by atoms with Crippen LogP contribution in [0.3, 0.4) is 0 Å². The first-order valence-corrected chi connectivity index (χ1v) is 7.32. The van der Waals surface area contributed by atoms with Gasteiger partial charge in [-0.3, -0.25) is 18.4 Å². The smallest absolute Gasteiger partial charge is 0.475 e. The zero-order chi connectivity index (χ0) is 14.3. The number of hydrogen-bond donors (Lipinski definition) is 1. The lowest BCUT2D eigenvalue weighted by molar-refractivity contribution is 0.0816. The van der Waals surface area contributed by atoms with E-state index in [1.54, 1.807) is 13.8 Å². The van der Waals surface area contributed by atoms with Crippen molar-refractivity contribution in [1.82, 2.24) is 0 Å². The highest BCUT2D eigenvalue weighted by Gasteiger charge is 2.26. The van der Waals surface area contributed by atoms with Crippen LogP contribution in [0.15, 0.2) is 24.3 Å². The van der Waals surface area contributed by atoms with Gasteiger partial charge in [0.2, 0.25) is 0 Å². The van der Waals surface area contributed by atoms with Gasteiger partial charge < -0.3 is 5.11 Å². The molecule has 7 heteroatoms. The summed E-state index contributed by atoms with van der Waals surface area (Å²) in [5.41, 5.74) is 0.345. The Labute approximate surface area is 111 Å². The number of phosphoric ester groups is 1. The van der Waals surface area contributed by atoms with Gasteiger partial charge in [0.15, 0.2) is 5.78 Å². The third-order valence-electron chi connectivity index (χ3n) is 2.12. The highest BCUT2D eigenvalue weighted by molar-refractivity contribution is 7.48.